The molecule has 0 aliphatic heterocycles. The minimum atomic E-state index is 0.0529. The molecule has 1 atom stereocenters. The monoisotopic (exact) mass is 323 g/mol. The molecule has 1 unspecified atom stereocenters. The first-order chi connectivity index (χ1) is 10.1. The maximum absolute atomic E-state index is 6.25. The van der Waals surface area contributed by atoms with E-state index in [0.717, 1.165) is 28.3 Å². The fraction of sp³-hybridized carbons (Fsp3) is 0.294. The predicted octanol–water partition coefficient (Wildman–Crippen LogP) is 5.01. The second-order valence-corrected chi connectivity index (χ2v) is 5.65. The van der Waals surface area contributed by atoms with E-state index in [1.807, 2.05) is 37.3 Å². The van der Waals surface area contributed by atoms with Crippen molar-refractivity contribution < 1.29 is 4.74 Å². The van der Waals surface area contributed by atoms with Crippen molar-refractivity contribution in [2.24, 2.45) is 0 Å². The van der Waals surface area contributed by atoms with E-state index in [9.17, 15) is 0 Å². The molecule has 112 valence electrons. The molecule has 0 amide bonds. The molecule has 0 saturated heterocycles. The van der Waals surface area contributed by atoms with E-state index in [-0.39, 0.29) is 6.04 Å². The summed E-state index contributed by atoms with van der Waals surface area (Å²) in [5.74, 6) is 0.679. The number of rotatable bonds is 5. The highest BCUT2D eigenvalue weighted by molar-refractivity contribution is 6.32. The van der Waals surface area contributed by atoms with Crippen molar-refractivity contribution in [3.63, 3.8) is 0 Å². The molecule has 2 nitrogen and oxygen atoms in total. The van der Waals surface area contributed by atoms with Gasteiger partial charge >= 0.3 is 0 Å². The number of halogens is 2. The van der Waals surface area contributed by atoms with E-state index in [0.29, 0.717) is 10.8 Å². The van der Waals surface area contributed by atoms with Crippen LogP contribution >= 0.6 is 23.2 Å². The van der Waals surface area contributed by atoms with Gasteiger partial charge in [-0.05, 0) is 48.4 Å². The van der Waals surface area contributed by atoms with Gasteiger partial charge in [-0.15, -0.1) is 0 Å². The van der Waals surface area contributed by atoms with Gasteiger partial charge in [0.25, 0.3) is 0 Å². The smallest absolute Gasteiger partial charge is 0.137 e. The van der Waals surface area contributed by atoms with Gasteiger partial charge in [-0.3, -0.25) is 0 Å². The molecule has 1 N–H and O–H groups in total. The Bertz CT molecular complexity index is 628. The highest BCUT2D eigenvalue weighted by Crippen LogP contribution is 2.33. The molecule has 0 aliphatic carbocycles. The Morgan fingerprint density at radius 2 is 1.90 bits per heavy atom. The summed E-state index contributed by atoms with van der Waals surface area (Å²) in [7, 11) is 1.61. The van der Waals surface area contributed by atoms with Crippen LogP contribution in [0.25, 0.3) is 0 Å². The highest BCUT2D eigenvalue weighted by Gasteiger charge is 2.17. The summed E-state index contributed by atoms with van der Waals surface area (Å²) in [6.07, 6.45) is 0. The largest absolute Gasteiger partial charge is 0.495 e. The maximum atomic E-state index is 6.25. The van der Waals surface area contributed by atoms with Gasteiger partial charge in [-0.1, -0.05) is 48.3 Å². The molecule has 0 radical (unpaired) electrons. The van der Waals surface area contributed by atoms with Crippen LogP contribution in [0.15, 0.2) is 36.4 Å². The van der Waals surface area contributed by atoms with Crippen LogP contribution in [0.2, 0.25) is 10.0 Å². The molecule has 0 aromatic heterocycles. The van der Waals surface area contributed by atoms with Gasteiger partial charge in [0.2, 0.25) is 0 Å². The van der Waals surface area contributed by atoms with Crippen molar-refractivity contribution >= 4 is 23.2 Å². The van der Waals surface area contributed by atoms with Crippen LogP contribution in [0.4, 0.5) is 0 Å². The molecule has 4 heteroatoms. The molecular weight excluding hydrogens is 305 g/mol. The summed E-state index contributed by atoms with van der Waals surface area (Å²) in [5.41, 5.74) is 3.33. The summed E-state index contributed by atoms with van der Waals surface area (Å²) in [6.45, 7) is 4.96. The third-order valence-electron chi connectivity index (χ3n) is 3.54. The Hall–Kier alpha value is -1.22. The molecule has 0 spiro atoms. The predicted molar refractivity (Wildman–Crippen MR) is 89.7 cm³/mol. The molecule has 0 fully saturated rings. The van der Waals surface area contributed by atoms with Crippen LogP contribution in [0, 0.1) is 6.92 Å². The molecule has 2 aromatic carbocycles. The lowest BCUT2D eigenvalue weighted by atomic mass is 9.95. The van der Waals surface area contributed by atoms with Crippen molar-refractivity contribution in [2.75, 3.05) is 13.7 Å². The first-order valence-corrected chi connectivity index (χ1v) is 7.66. The minimum Gasteiger partial charge on any atom is -0.495 e. The maximum Gasteiger partial charge on any atom is 0.137 e. The van der Waals surface area contributed by atoms with Crippen LogP contribution in [0.3, 0.4) is 0 Å². The third kappa shape index (κ3) is 3.52. The Balaban J connectivity index is 2.48. The lowest BCUT2D eigenvalue weighted by molar-refractivity contribution is 0.414. The number of benzene rings is 2. The van der Waals surface area contributed by atoms with E-state index in [2.05, 4.69) is 18.3 Å². The van der Waals surface area contributed by atoms with Crippen molar-refractivity contribution in [1.29, 1.82) is 0 Å². The van der Waals surface area contributed by atoms with Gasteiger partial charge in [0.05, 0.1) is 18.2 Å². The lowest BCUT2D eigenvalue weighted by Gasteiger charge is -2.22. The van der Waals surface area contributed by atoms with E-state index in [1.165, 1.54) is 0 Å². The fourth-order valence-electron chi connectivity index (χ4n) is 2.41. The lowest BCUT2D eigenvalue weighted by Crippen LogP contribution is -2.22. The molecule has 0 aliphatic rings. The van der Waals surface area contributed by atoms with Crippen LogP contribution < -0.4 is 10.1 Å². The molecule has 0 heterocycles. The van der Waals surface area contributed by atoms with E-state index >= 15 is 0 Å². The first kappa shape index (κ1) is 16.2. The van der Waals surface area contributed by atoms with E-state index in [1.54, 1.807) is 7.11 Å². The summed E-state index contributed by atoms with van der Waals surface area (Å²) in [4.78, 5) is 0. The standard InChI is InChI=1S/C17H19Cl2NO/c1-4-20-17(13-6-5-7-14(18)11(13)2)12-8-9-16(21-3)15(19)10-12/h5-10,17,20H,4H2,1-3H3. The number of ether oxygens (including phenoxy) is 1. The summed E-state index contributed by atoms with van der Waals surface area (Å²) < 4.78 is 5.21. The van der Waals surface area contributed by atoms with Gasteiger partial charge in [-0.2, -0.15) is 0 Å². The van der Waals surface area contributed by atoms with Crippen LogP contribution in [-0.2, 0) is 0 Å². The number of methoxy groups -OCH3 is 1. The van der Waals surface area contributed by atoms with Gasteiger partial charge in [-0.25, -0.2) is 0 Å². The molecule has 0 saturated carbocycles. The summed E-state index contributed by atoms with van der Waals surface area (Å²) >= 11 is 12.5. The van der Waals surface area contributed by atoms with Crippen LogP contribution in [0.5, 0.6) is 5.75 Å². The second-order valence-electron chi connectivity index (χ2n) is 4.84. The van der Waals surface area contributed by atoms with Gasteiger partial charge < -0.3 is 10.1 Å². The zero-order valence-electron chi connectivity index (χ0n) is 12.4. The summed E-state index contributed by atoms with van der Waals surface area (Å²) in [6, 6.07) is 11.9. The first-order valence-electron chi connectivity index (χ1n) is 6.90. The Morgan fingerprint density at radius 3 is 2.52 bits per heavy atom. The highest BCUT2D eigenvalue weighted by atomic mass is 35.5. The van der Waals surface area contributed by atoms with Crippen molar-refractivity contribution in [3.8, 4) is 5.75 Å². The number of hydrogen-bond acceptors (Lipinski definition) is 2. The van der Waals surface area contributed by atoms with Gasteiger partial charge in [0, 0.05) is 5.02 Å². The quantitative estimate of drug-likeness (QED) is 0.835. The SMILES string of the molecule is CCNC(c1ccc(OC)c(Cl)c1)c1cccc(Cl)c1C. The van der Waals surface area contributed by atoms with Crippen molar-refractivity contribution in [2.45, 2.75) is 19.9 Å². The minimum absolute atomic E-state index is 0.0529. The fourth-order valence-corrected chi connectivity index (χ4v) is 2.86. The number of nitrogens with one attached hydrogen (secondary N) is 1. The molecule has 2 aromatic rings. The molecular formula is C17H19Cl2NO. The topological polar surface area (TPSA) is 21.3 Å². The van der Waals surface area contributed by atoms with Crippen LogP contribution in [-0.4, -0.2) is 13.7 Å². The van der Waals surface area contributed by atoms with Gasteiger partial charge in [0.15, 0.2) is 0 Å². The van der Waals surface area contributed by atoms with Crippen molar-refractivity contribution in [1.82, 2.24) is 5.32 Å². The Morgan fingerprint density at radius 1 is 1.14 bits per heavy atom. The number of hydrogen-bond donors (Lipinski definition) is 1. The molecule has 21 heavy (non-hydrogen) atoms. The normalized spacial score (nSPS) is 12.2. The Kier molecular flexibility index (Phi) is 5.51. The zero-order valence-corrected chi connectivity index (χ0v) is 13.9. The van der Waals surface area contributed by atoms with E-state index in [4.69, 9.17) is 27.9 Å². The third-order valence-corrected chi connectivity index (χ3v) is 4.24. The van der Waals surface area contributed by atoms with Gasteiger partial charge in [0.1, 0.15) is 5.75 Å². The zero-order chi connectivity index (χ0) is 15.4. The van der Waals surface area contributed by atoms with E-state index < -0.39 is 0 Å². The molecule has 0 bridgehead atoms. The second kappa shape index (κ2) is 7.17. The average Bonchev–Trinajstić information content (AvgIpc) is 2.48. The van der Waals surface area contributed by atoms with Crippen LogP contribution in [0.1, 0.15) is 29.7 Å². The summed E-state index contributed by atoms with van der Waals surface area (Å²) in [5, 5.41) is 4.87. The van der Waals surface area contributed by atoms with Crippen molar-refractivity contribution in [3.05, 3.63) is 63.1 Å². The average molecular weight is 324 g/mol. The Labute approximate surface area is 136 Å². The molecule has 2 rings (SSSR count).